The van der Waals surface area contributed by atoms with Gasteiger partial charge in [0.05, 0.1) is 47.1 Å². The molecule has 354 valence electrons. The summed E-state index contributed by atoms with van der Waals surface area (Å²) >= 11 is 0. The molecule has 16 nitrogen and oxygen atoms in total. The topological polar surface area (TPSA) is 172 Å². The van der Waals surface area contributed by atoms with Gasteiger partial charge in [0, 0.05) is 114 Å². The third kappa shape index (κ3) is 10.1. The van der Waals surface area contributed by atoms with E-state index in [2.05, 4.69) is 47.5 Å². The number of hydrogen-bond donors (Lipinski definition) is 2. The Bertz CT molecular complexity index is 2720. The fourth-order valence-electron chi connectivity index (χ4n) is 10.0. The van der Waals surface area contributed by atoms with Crippen molar-refractivity contribution in [3.8, 4) is 22.9 Å². The van der Waals surface area contributed by atoms with E-state index in [0.29, 0.717) is 108 Å². The number of aromatic nitrogens is 3. The normalized spacial score (nSPS) is 19.1. The lowest BCUT2D eigenvalue weighted by molar-refractivity contribution is -0.135. The molecule has 18 heteroatoms. The van der Waals surface area contributed by atoms with Crippen molar-refractivity contribution in [3.05, 3.63) is 108 Å². The number of carbonyl (C=O) groups is 4. The molecule has 4 aliphatic heterocycles. The number of imide groups is 1. The van der Waals surface area contributed by atoms with Gasteiger partial charge < -0.3 is 24.8 Å². The molecule has 4 saturated heterocycles. The fourth-order valence-corrected chi connectivity index (χ4v) is 10.0. The maximum absolute atomic E-state index is 14.9. The highest BCUT2D eigenvalue weighted by atomic mass is 19.1. The molecule has 0 bridgehead atoms. The van der Waals surface area contributed by atoms with E-state index in [9.17, 15) is 33.2 Å². The first-order valence-corrected chi connectivity index (χ1v) is 23.4. The SMILES string of the molecule is CCOc1cc(-c2ccc(N3CCC(CN4CCN(C(=O)CCN5CCN(c6cccc(C7CCC(=O)NC7=O)c6)CC5)CC4)(NC(=O)c4cc(F)ccc4F)CC3)nc2)c2c(C#N)cnn2c1. The number of anilines is 2. The Morgan fingerprint density at radius 2 is 1.69 bits per heavy atom. The summed E-state index contributed by atoms with van der Waals surface area (Å²) in [5, 5.41) is 19.7. The van der Waals surface area contributed by atoms with Gasteiger partial charge in [0.1, 0.15) is 29.3 Å². The zero-order chi connectivity index (χ0) is 47.4. The standard InChI is InChI=1S/C50H55F2N11O5/c1-2-68-39-28-41(47-36(29-53)31-55-63(47)32-39)35-6-10-44(54-30-35)61-16-13-50(14-17-61,57-49(67)42-27-37(51)7-9-43(42)52)33-59-20-24-62(25-21-59)46(65)12-15-58-18-22-60(23-19-58)38-5-3-4-34(26-38)40-8-11-45(64)56-48(40)66/h3-7,9-10,26-28,30-32,40H,2,8,11-25,33H2,1H3,(H,57,67)(H,56,64,66). The van der Waals surface area contributed by atoms with Crippen LogP contribution in [0.3, 0.4) is 0 Å². The van der Waals surface area contributed by atoms with E-state index in [1.165, 1.54) is 6.20 Å². The van der Waals surface area contributed by atoms with Crippen LogP contribution in [0.2, 0.25) is 0 Å². The minimum Gasteiger partial charge on any atom is -0.492 e. The molecule has 0 spiro atoms. The van der Waals surface area contributed by atoms with E-state index < -0.39 is 23.1 Å². The van der Waals surface area contributed by atoms with Crippen molar-refractivity contribution in [2.75, 3.05) is 94.9 Å². The molecule has 2 N–H and O–H groups in total. The van der Waals surface area contributed by atoms with Gasteiger partial charge in [-0.1, -0.05) is 12.1 Å². The number of benzene rings is 2. The van der Waals surface area contributed by atoms with Crippen LogP contribution in [0.5, 0.6) is 5.75 Å². The van der Waals surface area contributed by atoms with E-state index in [4.69, 9.17) is 9.72 Å². The number of rotatable bonds is 13. The Kier molecular flexibility index (Phi) is 13.6. The van der Waals surface area contributed by atoms with Crippen LogP contribution in [-0.2, 0) is 14.4 Å². The molecule has 7 heterocycles. The number of piperidine rings is 2. The van der Waals surface area contributed by atoms with Crippen molar-refractivity contribution in [2.45, 2.75) is 50.5 Å². The lowest BCUT2D eigenvalue weighted by Crippen LogP contribution is -2.62. The average molecular weight is 928 g/mol. The Hall–Kier alpha value is -6.97. The smallest absolute Gasteiger partial charge is 0.254 e. The highest BCUT2D eigenvalue weighted by Crippen LogP contribution is 2.34. The lowest BCUT2D eigenvalue weighted by atomic mass is 9.86. The molecular weight excluding hydrogens is 873 g/mol. The molecule has 0 aliphatic carbocycles. The second kappa shape index (κ2) is 20.1. The van der Waals surface area contributed by atoms with Crippen molar-refractivity contribution in [1.29, 1.82) is 5.26 Å². The van der Waals surface area contributed by atoms with Crippen LogP contribution in [0, 0.1) is 23.0 Å². The van der Waals surface area contributed by atoms with Gasteiger partial charge in [0.15, 0.2) is 0 Å². The van der Waals surface area contributed by atoms with Gasteiger partial charge >= 0.3 is 0 Å². The molecule has 9 rings (SSSR count). The van der Waals surface area contributed by atoms with Crippen LogP contribution in [0.15, 0.2) is 79.3 Å². The number of ether oxygens (including phenoxy) is 1. The predicted molar refractivity (Wildman–Crippen MR) is 250 cm³/mol. The van der Waals surface area contributed by atoms with Gasteiger partial charge in [-0.2, -0.15) is 10.4 Å². The molecule has 3 aromatic heterocycles. The first-order chi connectivity index (χ1) is 33.0. The highest BCUT2D eigenvalue weighted by Gasteiger charge is 2.40. The zero-order valence-corrected chi connectivity index (χ0v) is 38.1. The summed E-state index contributed by atoms with van der Waals surface area (Å²) in [6.07, 6.45) is 7.31. The number of amides is 4. The first kappa shape index (κ1) is 46.2. The molecule has 1 atom stereocenters. The van der Waals surface area contributed by atoms with Crippen molar-refractivity contribution >= 4 is 40.7 Å². The summed E-state index contributed by atoms with van der Waals surface area (Å²) in [4.78, 5) is 67.1. The van der Waals surface area contributed by atoms with Crippen molar-refractivity contribution in [2.24, 2.45) is 0 Å². The van der Waals surface area contributed by atoms with Gasteiger partial charge in [-0.25, -0.2) is 18.3 Å². The van der Waals surface area contributed by atoms with E-state index in [0.717, 1.165) is 72.6 Å². The van der Waals surface area contributed by atoms with Crippen molar-refractivity contribution in [3.63, 3.8) is 0 Å². The molecule has 0 saturated carbocycles. The second-order valence-electron chi connectivity index (χ2n) is 18.1. The number of halogens is 2. The van der Waals surface area contributed by atoms with Crippen LogP contribution >= 0.6 is 0 Å². The Morgan fingerprint density at radius 3 is 2.41 bits per heavy atom. The quantitative estimate of drug-likeness (QED) is 0.158. The van der Waals surface area contributed by atoms with Gasteiger partial charge in [0.2, 0.25) is 17.7 Å². The van der Waals surface area contributed by atoms with Gasteiger partial charge in [-0.3, -0.25) is 34.3 Å². The number of piperazine rings is 2. The molecule has 4 fully saturated rings. The molecule has 4 amide bonds. The van der Waals surface area contributed by atoms with Gasteiger partial charge in [-0.05, 0) is 80.3 Å². The molecule has 4 aliphatic rings. The van der Waals surface area contributed by atoms with Crippen LogP contribution in [-0.4, -0.2) is 144 Å². The van der Waals surface area contributed by atoms with E-state index in [1.54, 1.807) is 16.9 Å². The molecule has 0 radical (unpaired) electrons. The summed E-state index contributed by atoms with van der Waals surface area (Å²) in [5.41, 5.74) is 3.49. The summed E-state index contributed by atoms with van der Waals surface area (Å²) in [6, 6.07) is 18.9. The molecule has 5 aromatic rings. The second-order valence-corrected chi connectivity index (χ2v) is 18.1. The first-order valence-electron chi connectivity index (χ1n) is 23.4. The zero-order valence-electron chi connectivity index (χ0n) is 38.1. The van der Waals surface area contributed by atoms with Crippen molar-refractivity contribution in [1.82, 2.24) is 39.9 Å². The lowest BCUT2D eigenvalue weighted by Gasteiger charge is -2.46. The summed E-state index contributed by atoms with van der Waals surface area (Å²) in [5.74, 6) is -1.52. The van der Waals surface area contributed by atoms with E-state index >= 15 is 0 Å². The monoisotopic (exact) mass is 927 g/mol. The Morgan fingerprint density at radius 1 is 0.912 bits per heavy atom. The van der Waals surface area contributed by atoms with E-state index in [1.807, 2.05) is 48.2 Å². The Labute approximate surface area is 393 Å². The number of fused-ring (bicyclic) bond motifs is 1. The summed E-state index contributed by atoms with van der Waals surface area (Å²) < 4.78 is 36.6. The van der Waals surface area contributed by atoms with Crippen LogP contribution in [0.1, 0.15) is 66.4 Å². The average Bonchev–Trinajstić information content (AvgIpc) is 3.78. The third-order valence-electron chi connectivity index (χ3n) is 13.8. The van der Waals surface area contributed by atoms with Gasteiger partial charge in [0.25, 0.3) is 5.91 Å². The van der Waals surface area contributed by atoms with Crippen LogP contribution in [0.25, 0.3) is 16.6 Å². The maximum atomic E-state index is 14.9. The molecule has 68 heavy (non-hydrogen) atoms. The van der Waals surface area contributed by atoms with Crippen molar-refractivity contribution < 1.29 is 32.7 Å². The van der Waals surface area contributed by atoms with E-state index in [-0.39, 0.29) is 29.2 Å². The highest BCUT2D eigenvalue weighted by molar-refractivity contribution is 6.01. The third-order valence-corrected chi connectivity index (χ3v) is 13.8. The maximum Gasteiger partial charge on any atom is 0.254 e. The Balaban J connectivity index is 0.797. The van der Waals surface area contributed by atoms with Crippen LogP contribution in [0.4, 0.5) is 20.3 Å². The number of carbonyl (C=O) groups excluding carboxylic acids is 4. The number of pyridine rings is 2. The fraction of sp³-hybridized carbons (Fsp3) is 0.420. The summed E-state index contributed by atoms with van der Waals surface area (Å²) in [6.45, 7) is 10.0. The number of nitriles is 1. The molecular formula is C50H55F2N11O5. The van der Waals surface area contributed by atoms with Crippen LogP contribution < -0.4 is 25.2 Å². The largest absolute Gasteiger partial charge is 0.492 e. The minimum atomic E-state index is -0.798. The minimum absolute atomic E-state index is 0.0996. The summed E-state index contributed by atoms with van der Waals surface area (Å²) in [7, 11) is 0. The van der Waals surface area contributed by atoms with Gasteiger partial charge in [-0.15, -0.1) is 0 Å². The number of nitrogens with one attached hydrogen (secondary N) is 2. The number of hydrogen-bond acceptors (Lipinski definition) is 12. The number of nitrogens with zero attached hydrogens (tertiary/aromatic N) is 9. The molecule has 1 unspecified atom stereocenters. The molecule has 2 aromatic carbocycles. The predicted octanol–water partition coefficient (Wildman–Crippen LogP) is 4.59.